The average molecular weight is 205 g/mol. The summed E-state index contributed by atoms with van der Waals surface area (Å²) in [6, 6.07) is 0.367. The van der Waals surface area contributed by atoms with Crippen molar-refractivity contribution in [2.24, 2.45) is 5.92 Å². The zero-order valence-corrected chi connectivity index (χ0v) is 9.15. The molecule has 0 bridgehead atoms. The molecule has 0 aromatic carbocycles. The SMILES string of the molecule is CC(C)[C@H](C)Nc1ncnc2nc[nH]c12. The van der Waals surface area contributed by atoms with E-state index < -0.39 is 0 Å². The number of aromatic amines is 1. The van der Waals surface area contributed by atoms with Crippen LogP contribution in [0.25, 0.3) is 11.2 Å². The van der Waals surface area contributed by atoms with Crippen molar-refractivity contribution < 1.29 is 0 Å². The molecule has 5 nitrogen and oxygen atoms in total. The molecule has 2 aromatic heterocycles. The molecule has 15 heavy (non-hydrogen) atoms. The standard InChI is InChI=1S/C10H15N5/c1-6(2)7(3)15-10-8-9(12-4-11-8)13-5-14-10/h4-7H,1-3H3,(H2,11,12,13,14,15)/t7-/m0/s1. The van der Waals surface area contributed by atoms with E-state index in [2.05, 4.69) is 46.0 Å². The molecule has 0 amide bonds. The Morgan fingerprint density at radius 3 is 2.73 bits per heavy atom. The third kappa shape index (κ3) is 1.91. The Morgan fingerprint density at radius 1 is 1.20 bits per heavy atom. The summed E-state index contributed by atoms with van der Waals surface area (Å²) in [5.74, 6) is 1.37. The molecular formula is C10H15N5. The minimum absolute atomic E-state index is 0.367. The maximum Gasteiger partial charge on any atom is 0.182 e. The predicted molar refractivity (Wildman–Crippen MR) is 59.6 cm³/mol. The third-order valence-electron chi connectivity index (χ3n) is 2.59. The van der Waals surface area contributed by atoms with Crippen LogP contribution < -0.4 is 5.32 Å². The monoisotopic (exact) mass is 205 g/mol. The highest BCUT2D eigenvalue weighted by Crippen LogP contribution is 2.17. The number of fused-ring (bicyclic) bond motifs is 1. The lowest BCUT2D eigenvalue weighted by Crippen LogP contribution is -2.22. The molecule has 2 N–H and O–H groups in total. The van der Waals surface area contributed by atoms with Gasteiger partial charge >= 0.3 is 0 Å². The van der Waals surface area contributed by atoms with Crippen LogP contribution in [0.4, 0.5) is 5.82 Å². The highest BCUT2D eigenvalue weighted by molar-refractivity contribution is 5.81. The minimum Gasteiger partial charge on any atom is -0.365 e. The molecule has 5 heteroatoms. The first-order valence-corrected chi connectivity index (χ1v) is 5.09. The number of nitrogens with zero attached hydrogens (tertiary/aromatic N) is 3. The van der Waals surface area contributed by atoms with E-state index in [-0.39, 0.29) is 0 Å². The zero-order valence-electron chi connectivity index (χ0n) is 9.15. The lowest BCUT2D eigenvalue weighted by atomic mass is 10.1. The number of hydrogen-bond acceptors (Lipinski definition) is 4. The van der Waals surface area contributed by atoms with Crippen LogP contribution in [0.2, 0.25) is 0 Å². The summed E-state index contributed by atoms with van der Waals surface area (Å²) in [6.45, 7) is 6.47. The zero-order chi connectivity index (χ0) is 10.8. The molecule has 0 aliphatic rings. The topological polar surface area (TPSA) is 66.5 Å². The molecule has 80 valence electrons. The molecule has 0 radical (unpaired) electrons. The Kier molecular flexibility index (Phi) is 2.53. The second-order valence-electron chi connectivity index (χ2n) is 4.00. The van der Waals surface area contributed by atoms with Gasteiger partial charge in [0.1, 0.15) is 11.8 Å². The van der Waals surface area contributed by atoms with Crippen molar-refractivity contribution in [3.8, 4) is 0 Å². The van der Waals surface area contributed by atoms with E-state index >= 15 is 0 Å². The summed E-state index contributed by atoms with van der Waals surface area (Å²) >= 11 is 0. The molecule has 0 saturated carbocycles. The summed E-state index contributed by atoms with van der Waals surface area (Å²) in [5.41, 5.74) is 1.56. The summed E-state index contributed by atoms with van der Waals surface area (Å²) in [4.78, 5) is 15.4. The second kappa shape index (κ2) is 3.84. The van der Waals surface area contributed by atoms with Gasteiger partial charge in [-0.3, -0.25) is 0 Å². The van der Waals surface area contributed by atoms with Crippen molar-refractivity contribution in [3.63, 3.8) is 0 Å². The summed E-state index contributed by atoms with van der Waals surface area (Å²) in [5, 5.41) is 3.35. The average Bonchev–Trinajstić information content (AvgIpc) is 2.66. The lowest BCUT2D eigenvalue weighted by molar-refractivity contribution is 0.558. The normalized spacial score (nSPS) is 13.3. The number of hydrogen-bond donors (Lipinski definition) is 2. The van der Waals surface area contributed by atoms with Crippen molar-refractivity contribution >= 4 is 17.0 Å². The maximum atomic E-state index is 4.21. The van der Waals surface area contributed by atoms with Crippen LogP contribution in [0.15, 0.2) is 12.7 Å². The fraction of sp³-hybridized carbons (Fsp3) is 0.500. The first kappa shape index (κ1) is 9.89. The van der Waals surface area contributed by atoms with E-state index in [1.807, 2.05) is 0 Å². The van der Waals surface area contributed by atoms with E-state index in [1.54, 1.807) is 6.33 Å². The van der Waals surface area contributed by atoms with E-state index in [1.165, 1.54) is 6.33 Å². The van der Waals surface area contributed by atoms with E-state index in [0.29, 0.717) is 17.6 Å². The number of anilines is 1. The summed E-state index contributed by atoms with van der Waals surface area (Å²) < 4.78 is 0. The molecule has 0 aliphatic heterocycles. The van der Waals surface area contributed by atoms with Gasteiger partial charge in [0.25, 0.3) is 0 Å². The second-order valence-corrected chi connectivity index (χ2v) is 4.00. The molecule has 0 aliphatic carbocycles. The van der Waals surface area contributed by atoms with Crippen LogP contribution in [0.5, 0.6) is 0 Å². The largest absolute Gasteiger partial charge is 0.365 e. The van der Waals surface area contributed by atoms with Crippen molar-refractivity contribution in [1.82, 2.24) is 19.9 Å². The molecule has 0 fully saturated rings. The van der Waals surface area contributed by atoms with Gasteiger partial charge in [-0.25, -0.2) is 15.0 Å². The first-order chi connectivity index (χ1) is 7.18. The molecule has 0 unspecified atom stereocenters. The van der Waals surface area contributed by atoms with Crippen LogP contribution >= 0.6 is 0 Å². The van der Waals surface area contributed by atoms with Gasteiger partial charge in [-0.05, 0) is 12.8 Å². The minimum atomic E-state index is 0.367. The van der Waals surface area contributed by atoms with Crippen molar-refractivity contribution in [2.45, 2.75) is 26.8 Å². The molecule has 2 rings (SSSR count). The van der Waals surface area contributed by atoms with Crippen molar-refractivity contribution in [3.05, 3.63) is 12.7 Å². The Bertz CT molecular complexity index is 448. The highest BCUT2D eigenvalue weighted by Gasteiger charge is 2.10. The fourth-order valence-electron chi connectivity index (χ4n) is 1.26. The smallest absolute Gasteiger partial charge is 0.182 e. The molecule has 2 heterocycles. The molecule has 1 atom stereocenters. The predicted octanol–water partition coefficient (Wildman–Crippen LogP) is 1.81. The number of imidazole rings is 1. The van der Waals surface area contributed by atoms with Crippen LogP contribution in [-0.2, 0) is 0 Å². The van der Waals surface area contributed by atoms with Crippen LogP contribution in [0.3, 0.4) is 0 Å². The van der Waals surface area contributed by atoms with Crippen molar-refractivity contribution in [1.29, 1.82) is 0 Å². The summed E-state index contributed by atoms with van der Waals surface area (Å²) in [7, 11) is 0. The fourth-order valence-corrected chi connectivity index (χ4v) is 1.26. The lowest BCUT2D eigenvalue weighted by Gasteiger charge is -2.17. The molecular weight excluding hydrogens is 190 g/mol. The van der Waals surface area contributed by atoms with Crippen LogP contribution in [0.1, 0.15) is 20.8 Å². The number of H-pyrrole nitrogens is 1. The number of nitrogens with one attached hydrogen (secondary N) is 2. The van der Waals surface area contributed by atoms with Gasteiger partial charge in [0.05, 0.1) is 6.33 Å². The van der Waals surface area contributed by atoms with E-state index in [9.17, 15) is 0 Å². The Morgan fingerprint density at radius 2 is 2.00 bits per heavy atom. The third-order valence-corrected chi connectivity index (χ3v) is 2.59. The van der Waals surface area contributed by atoms with Gasteiger partial charge < -0.3 is 10.3 Å². The van der Waals surface area contributed by atoms with E-state index in [0.717, 1.165) is 11.3 Å². The maximum absolute atomic E-state index is 4.21. The Hall–Kier alpha value is -1.65. The summed E-state index contributed by atoms with van der Waals surface area (Å²) in [6.07, 6.45) is 3.16. The number of rotatable bonds is 3. The van der Waals surface area contributed by atoms with Crippen molar-refractivity contribution in [2.75, 3.05) is 5.32 Å². The first-order valence-electron chi connectivity index (χ1n) is 5.09. The molecule has 0 saturated heterocycles. The quantitative estimate of drug-likeness (QED) is 0.802. The molecule has 2 aromatic rings. The van der Waals surface area contributed by atoms with Gasteiger partial charge in [-0.15, -0.1) is 0 Å². The van der Waals surface area contributed by atoms with Crippen LogP contribution in [0, 0.1) is 5.92 Å². The van der Waals surface area contributed by atoms with Gasteiger partial charge in [0.2, 0.25) is 0 Å². The highest BCUT2D eigenvalue weighted by atomic mass is 15.1. The van der Waals surface area contributed by atoms with Gasteiger partial charge in [0, 0.05) is 6.04 Å². The van der Waals surface area contributed by atoms with Gasteiger partial charge in [-0.1, -0.05) is 13.8 Å². The van der Waals surface area contributed by atoms with Gasteiger partial charge in [-0.2, -0.15) is 0 Å². The van der Waals surface area contributed by atoms with Crippen LogP contribution in [-0.4, -0.2) is 26.0 Å². The Balaban J connectivity index is 2.31. The van der Waals surface area contributed by atoms with Gasteiger partial charge in [0.15, 0.2) is 11.5 Å². The molecule has 0 spiro atoms. The number of aromatic nitrogens is 4. The van der Waals surface area contributed by atoms with E-state index in [4.69, 9.17) is 0 Å². The Labute approximate surface area is 88.4 Å².